The summed E-state index contributed by atoms with van der Waals surface area (Å²) >= 11 is 0. The fourth-order valence-electron chi connectivity index (χ4n) is 2.86. The van der Waals surface area contributed by atoms with Crippen molar-refractivity contribution < 1.29 is 0 Å². The number of hydrogen-bond donors (Lipinski definition) is 1. The summed E-state index contributed by atoms with van der Waals surface area (Å²) in [6.45, 7) is 12.1. The Kier molecular flexibility index (Phi) is 5.26. The Morgan fingerprint density at radius 1 is 1.24 bits per heavy atom. The largest absolute Gasteiger partial charge is 0.313 e. The van der Waals surface area contributed by atoms with Crippen LogP contribution < -0.4 is 5.32 Å². The number of nitrogens with zero attached hydrogens (tertiary/aromatic N) is 2. The lowest BCUT2D eigenvalue weighted by Crippen LogP contribution is -2.37. The van der Waals surface area contributed by atoms with Gasteiger partial charge < -0.3 is 10.2 Å². The standard InChI is InChI=1S/C14H29N3/c1-3-8-15-13-7-9-16(12-13)10-11-17(4-2)14-5-6-14/h13-15H,3-12H2,1-2H3. The zero-order valence-electron chi connectivity index (χ0n) is 11.6. The van der Waals surface area contributed by atoms with E-state index in [9.17, 15) is 0 Å². The van der Waals surface area contributed by atoms with Gasteiger partial charge >= 0.3 is 0 Å². The molecule has 2 fully saturated rings. The molecule has 0 amide bonds. The second kappa shape index (κ2) is 6.72. The first-order valence-electron chi connectivity index (χ1n) is 7.53. The van der Waals surface area contributed by atoms with E-state index in [1.54, 1.807) is 0 Å². The summed E-state index contributed by atoms with van der Waals surface area (Å²) in [6, 6.07) is 1.68. The lowest BCUT2D eigenvalue weighted by molar-refractivity contribution is 0.223. The van der Waals surface area contributed by atoms with E-state index in [1.807, 2.05) is 0 Å². The van der Waals surface area contributed by atoms with Gasteiger partial charge in [-0.2, -0.15) is 0 Å². The molecule has 3 heteroatoms. The zero-order valence-corrected chi connectivity index (χ0v) is 11.6. The van der Waals surface area contributed by atoms with Crippen LogP contribution in [0.5, 0.6) is 0 Å². The molecule has 0 bridgehead atoms. The molecular formula is C14H29N3. The summed E-state index contributed by atoms with van der Waals surface area (Å²) in [5.41, 5.74) is 0. The Morgan fingerprint density at radius 3 is 2.71 bits per heavy atom. The van der Waals surface area contributed by atoms with Crippen molar-refractivity contribution in [2.75, 3.05) is 39.3 Å². The van der Waals surface area contributed by atoms with Crippen molar-refractivity contribution in [1.82, 2.24) is 15.1 Å². The summed E-state index contributed by atoms with van der Waals surface area (Å²) in [4.78, 5) is 5.30. The Hall–Kier alpha value is -0.120. The molecule has 17 heavy (non-hydrogen) atoms. The van der Waals surface area contributed by atoms with Crippen LogP contribution in [0.15, 0.2) is 0 Å². The number of nitrogens with one attached hydrogen (secondary N) is 1. The molecule has 0 aromatic rings. The van der Waals surface area contributed by atoms with Gasteiger partial charge in [0.15, 0.2) is 0 Å². The molecule has 1 atom stereocenters. The van der Waals surface area contributed by atoms with Crippen molar-refractivity contribution in [1.29, 1.82) is 0 Å². The van der Waals surface area contributed by atoms with Crippen LogP contribution >= 0.6 is 0 Å². The molecule has 0 aromatic heterocycles. The fraction of sp³-hybridized carbons (Fsp3) is 1.00. The van der Waals surface area contributed by atoms with E-state index in [2.05, 4.69) is 29.0 Å². The van der Waals surface area contributed by atoms with Gasteiger partial charge in [-0.15, -0.1) is 0 Å². The van der Waals surface area contributed by atoms with Crippen LogP contribution in [0.4, 0.5) is 0 Å². The van der Waals surface area contributed by atoms with Crippen molar-refractivity contribution in [2.24, 2.45) is 0 Å². The van der Waals surface area contributed by atoms with Crippen LogP contribution in [0, 0.1) is 0 Å². The van der Waals surface area contributed by atoms with E-state index in [1.165, 1.54) is 65.0 Å². The quantitative estimate of drug-likeness (QED) is 0.693. The smallest absolute Gasteiger partial charge is 0.0207 e. The topological polar surface area (TPSA) is 18.5 Å². The first kappa shape index (κ1) is 13.3. The molecule has 0 radical (unpaired) electrons. The van der Waals surface area contributed by atoms with Gasteiger partial charge in [-0.3, -0.25) is 4.90 Å². The predicted octanol–water partition coefficient (Wildman–Crippen LogP) is 1.54. The number of rotatable bonds is 8. The van der Waals surface area contributed by atoms with Gasteiger partial charge in [0.1, 0.15) is 0 Å². The van der Waals surface area contributed by atoms with Gasteiger partial charge in [-0.1, -0.05) is 13.8 Å². The minimum Gasteiger partial charge on any atom is -0.313 e. The SMILES string of the molecule is CCCNC1CCN(CCN(CC)C2CC2)C1. The summed E-state index contributed by atoms with van der Waals surface area (Å²) < 4.78 is 0. The first-order valence-corrected chi connectivity index (χ1v) is 7.53. The molecule has 1 heterocycles. The van der Waals surface area contributed by atoms with E-state index in [0.29, 0.717) is 0 Å². The normalized spacial score (nSPS) is 25.9. The van der Waals surface area contributed by atoms with Crippen LogP contribution in [-0.2, 0) is 0 Å². The molecule has 1 aliphatic heterocycles. The molecule has 1 N–H and O–H groups in total. The van der Waals surface area contributed by atoms with Crippen LogP contribution in [0.1, 0.15) is 39.5 Å². The van der Waals surface area contributed by atoms with Crippen molar-refractivity contribution in [3.63, 3.8) is 0 Å². The Morgan fingerprint density at radius 2 is 2.06 bits per heavy atom. The fourth-order valence-corrected chi connectivity index (χ4v) is 2.86. The number of likely N-dealkylation sites (tertiary alicyclic amines) is 1. The lowest BCUT2D eigenvalue weighted by atomic mass is 10.2. The molecular weight excluding hydrogens is 210 g/mol. The van der Waals surface area contributed by atoms with E-state index in [4.69, 9.17) is 0 Å². The van der Waals surface area contributed by atoms with Crippen LogP contribution in [0.3, 0.4) is 0 Å². The molecule has 100 valence electrons. The number of likely N-dealkylation sites (N-methyl/N-ethyl adjacent to an activating group) is 1. The van der Waals surface area contributed by atoms with Gasteiger partial charge in [-0.25, -0.2) is 0 Å². The van der Waals surface area contributed by atoms with Gasteiger partial charge in [-0.05, 0) is 45.3 Å². The van der Waals surface area contributed by atoms with Crippen molar-refractivity contribution >= 4 is 0 Å². The molecule has 1 unspecified atom stereocenters. The molecule has 2 aliphatic rings. The number of hydrogen-bond acceptors (Lipinski definition) is 3. The Balaban J connectivity index is 1.60. The van der Waals surface area contributed by atoms with Crippen molar-refractivity contribution in [3.05, 3.63) is 0 Å². The zero-order chi connectivity index (χ0) is 12.1. The van der Waals surface area contributed by atoms with Gasteiger partial charge in [0.2, 0.25) is 0 Å². The lowest BCUT2D eigenvalue weighted by Gasteiger charge is -2.24. The molecule has 0 aromatic carbocycles. The highest BCUT2D eigenvalue weighted by Gasteiger charge is 2.28. The average Bonchev–Trinajstić information content (AvgIpc) is 3.08. The maximum absolute atomic E-state index is 3.64. The predicted molar refractivity (Wildman–Crippen MR) is 73.4 cm³/mol. The van der Waals surface area contributed by atoms with E-state index >= 15 is 0 Å². The van der Waals surface area contributed by atoms with E-state index in [0.717, 1.165) is 12.1 Å². The van der Waals surface area contributed by atoms with Crippen molar-refractivity contribution in [3.8, 4) is 0 Å². The highest BCUT2D eigenvalue weighted by atomic mass is 15.2. The summed E-state index contributed by atoms with van der Waals surface area (Å²) in [5.74, 6) is 0. The van der Waals surface area contributed by atoms with Gasteiger partial charge in [0.05, 0.1) is 0 Å². The maximum atomic E-state index is 3.64. The molecule has 2 rings (SSSR count). The van der Waals surface area contributed by atoms with Gasteiger partial charge in [0, 0.05) is 31.7 Å². The van der Waals surface area contributed by atoms with Crippen LogP contribution in [0.25, 0.3) is 0 Å². The third-order valence-electron chi connectivity index (χ3n) is 4.13. The van der Waals surface area contributed by atoms with E-state index in [-0.39, 0.29) is 0 Å². The third kappa shape index (κ3) is 4.23. The molecule has 0 spiro atoms. The minimum atomic E-state index is 0.756. The molecule has 3 nitrogen and oxygen atoms in total. The minimum absolute atomic E-state index is 0.756. The van der Waals surface area contributed by atoms with E-state index < -0.39 is 0 Å². The van der Waals surface area contributed by atoms with Crippen molar-refractivity contribution in [2.45, 2.75) is 51.6 Å². The average molecular weight is 239 g/mol. The Bertz CT molecular complexity index is 216. The third-order valence-corrected chi connectivity index (χ3v) is 4.13. The molecule has 1 saturated carbocycles. The van der Waals surface area contributed by atoms with Crippen LogP contribution in [-0.4, -0.2) is 61.2 Å². The maximum Gasteiger partial charge on any atom is 0.0207 e. The molecule has 1 saturated heterocycles. The Labute approximate surface area is 107 Å². The molecule has 1 aliphatic carbocycles. The van der Waals surface area contributed by atoms with Gasteiger partial charge in [0.25, 0.3) is 0 Å². The summed E-state index contributed by atoms with van der Waals surface area (Å²) in [5, 5.41) is 3.64. The second-order valence-corrected chi connectivity index (χ2v) is 5.60. The summed E-state index contributed by atoms with van der Waals surface area (Å²) in [6.07, 6.45) is 5.47. The summed E-state index contributed by atoms with van der Waals surface area (Å²) in [7, 11) is 0. The van der Waals surface area contributed by atoms with Crippen LogP contribution in [0.2, 0.25) is 0 Å². The first-order chi connectivity index (χ1) is 8.33. The second-order valence-electron chi connectivity index (χ2n) is 5.60. The highest BCUT2D eigenvalue weighted by molar-refractivity contribution is 4.86. The monoisotopic (exact) mass is 239 g/mol. The highest BCUT2D eigenvalue weighted by Crippen LogP contribution is 2.26.